The van der Waals surface area contributed by atoms with E-state index in [-0.39, 0.29) is 13.2 Å². The summed E-state index contributed by atoms with van der Waals surface area (Å²) in [5, 5.41) is 7.94. The van der Waals surface area contributed by atoms with Crippen LogP contribution in [0.25, 0.3) is 0 Å². The maximum absolute atomic E-state index is 5.74. The smallest absolute Gasteiger partial charge is 0.254 e. The van der Waals surface area contributed by atoms with Crippen molar-refractivity contribution >= 4 is 0 Å². The number of hydrogen-bond donors (Lipinski definition) is 0. The van der Waals surface area contributed by atoms with Gasteiger partial charge < -0.3 is 13.9 Å². The lowest BCUT2D eigenvalue weighted by molar-refractivity contribution is 0.231. The van der Waals surface area contributed by atoms with Crippen LogP contribution in [0.1, 0.15) is 22.9 Å². The van der Waals surface area contributed by atoms with Crippen molar-refractivity contribution in [2.45, 2.75) is 27.1 Å². The van der Waals surface area contributed by atoms with E-state index in [1.807, 2.05) is 62.4 Å². The van der Waals surface area contributed by atoms with E-state index < -0.39 is 0 Å². The van der Waals surface area contributed by atoms with Crippen LogP contribution in [-0.2, 0) is 13.2 Å². The van der Waals surface area contributed by atoms with E-state index in [1.54, 1.807) is 0 Å². The quantitative estimate of drug-likeness (QED) is 0.692. The maximum Gasteiger partial charge on any atom is 0.254 e. The van der Waals surface area contributed by atoms with Gasteiger partial charge in [0.2, 0.25) is 0 Å². The highest BCUT2D eigenvalue weighted by molar-refractivity contribution is 5.35. The number of aryl methyl sites for hydroxylation is 2. The van der Waals surface area contributed by atoms with Crippen LogP contribution in [0.15, 0.2) is 52.9 Å². The summed E-state index contributed by atoms with van der Waals surface area (Å²) in [6.45, 7) is 4.50. The molecule has 23 heavy (non-hydrogen) atoms. The summed E-state index contributed by atoms with van der Waals surface area (Å²) >= 11 is 0. The van der Waals surface area contributed by atoms with Gasteiger partial charge in [0.25, 0.3) is 11.8 Å². The number of para-hydroxylation sites is 1. The number of ether oxygens (including phenoxy) is 2. The highest BCUT2D eigenvalue weighted by Gasteiger charge is 2.08. The molecule has 3 aromatic rings. The van der Waals surface area contributed by atoms with E-state index in [1.165, 1.54) is 0 Å². The fraction of sp³-hybridized carbons (Fsp3) is 0.222. The third-order valence-electron chi connectivity index (χ3n) is 3.31. The van der Waals surface area contributed by atoms with Gasteiger partial charge in [-0.1, -0.05) is 30.3 Å². The SMILES string of the molecule is Cc1ccc(C)c(OCc2nnc(COc3ccccc3)o2)c1. The second kappa shape index (κ2) is 6.96. The van der Waals surface area contributed by atoms with E-state index in [4.69, 9.17) is 13.9 Å². The van der Waals surface area contributed by atoms with Gasteiger partial charge in [0.15, 0.2) is 13.2 Å². The first-order valence-electron chi connectivity index (χ1n) is 7.40. The lowest BCUT2D eigenvalue weighted by Crippen LogP contribution is -1.97. The molecular weight excluding hydrogens is 292 g/mol. The van der Waals surface area contributed by atoms with Crippen molar-refractivity contribution in [1.82, 2.24) is 10.2 Å². The monoisotopic (exact) mass is 310 g/mol. The van der Waals surface area contributed by atoms with Gasteiger partial charge in [0.1, 0.15) is 11.5 Å². The molecule has 0 spiro atoms. The standard InChI is InChI=1S/C18H18N2O3/c1-13-8-9-14(2)16(10-13)22-12-18-20-19-17(23-18)11-21-15-6-4-3-5-7-15/h3-10H,11-12H2,1-2H3. The molecule has 0 unspecified atom stereocenters. The van der Waals surface area contributed by atoms with Gasteiger partial charge >= 0.3 is 0 Å². The molecule has 5 heteroatoms. The van der Waals surface area contributed by atoms with Gasteiger partial charge in [0, 0.05) is 0 Å². The van der Waals surface area contributed by atoms with Gasteiger partial charge in [-0.25, -0.2) is 0 Å². The molecule has 1 heterocycles. The molecule has 0 radical (unpaired) electrons. The Morgan fingerprint density at radius 3 is 2.30 bits per heavy atom. The Morgan fingerprint density at radius 2 is 1.57 bits per heavy atom. The Morgan fingerprint density at radius 1 is 0.870 bits per heavy atom. The molecule has 0 atom stereocenters. The minimum absolute atomic E-state index is 0.237. The molecule has 0 fully saturated rings. The number of hydrogen-bond acceptors (Lipinski definition) is 5. The minimum Gasteiger partial charge on any atom is -0.484 e. The predicted molar refractivity (Wildman–Crippen MR) is 85.3 cm³/mol. The van der Waals surface area contributed by atoms with Crippen molar-refractivity contribution in [1.29, 1.82) is 0 Å². The molecule has 0 bridgehead atoms. The normalized spacial score (nSPS) is 10.5. The largest absolute Gasteiger partial charge is 0.484 e. The van der Waals surface area contributed by atoms with Crippen LogP contribution in [0.2, 0.25) is 0 Å². The van der Waals surface area contributed by atoms with Crippen molar-refractivity contribution in [2.24, 2.45) is 0 Å². The first-order chi connectivity index (χ1) is 11.2. The fourth-order valence-electron chi connectivity index (χ4n) is 2.07. The Labute approximate surface area is 134 Å². The average Bonchev–Trinajstić information content (AvgIpc) is 3.03. The molecule has 0 aliphatic rings. The molecule has 0 aliphatic heterocycles. The summed E-state index contributed by atoms with van der Waals surface area (Å²) in [5.41, 5.74) is 2.22. The van der Waals surface area contributed by atoms with Crippen LogP contribution < -0.4 is 9.47 Å². The molecule has 0 saturated carbocycles. The lowest BCUT2D eigenvalue weighted by Gasteiger charge is -2.07. The highest BCUT2D eigenvalue weighted by atomic mass is 16.5. The van der Waals surface area contributed by atoms with Crippen molar-refractivity contribution in [3.8, 4) is 11.5 Å². The van der Waals surface area contributed by atoms with E-state index in [2.05, 4.69) is 10.2 Å². The topological polar surface area (TPSA) is 57.4 Å². The Balaban J connectivity index is 1.56. The first-order valence-corrected chi connectivity index (χ1v) is 7.40. The van der Waals surface area contributed by atoms with E-state index in [0.29, 0.717) is 11.8 Å². The van der Waals surface area contributed by atoms with E-state index in [9.17, 15) is 0 Å². The van der Waals surface area contributed by atoms with Crippen LogP contribution in [0.3, 0.4) is 0 Å². The van der Waals surface area contributed by atoms with Gasteiger partial charge in [-0.2, -0.15) is 0 Å². The number of nitrogens with zero attached hydrogens (tertiary/aromatic N) is 2. The molecule has 0 N–H and O–H groups in total. The highest BCUT2D eigenvalue weighted by Crippen LogP contribution is 2.20. The number of benzene rings is 2. The van der Waals surface area contributed by atoms with Gasteiger partial charge in [-0.3, -0.25) is 0 Å². The minimum atomic E-state index is 0.237. The summed E-state index contributed by atoms with van der Waals surface area (Å²) in [5.74, 6) is 2.44. The van der Waals surface area contributed by atoms with Crippen LogP contribution in [0.4, 0.5) is 0 Å². The fourth-order valence-corrected chi connectivity index (χ4v) is 2.07. The van der Waals surface area contributed by atoms with E-state index in [0.717, 1.165) is 22.6 Å². The zero-order valence-corrected chi connectivity index (χ0v) is 13.2. The first kappa shape index (κ1) is 15.1. The molecule has 3 rings (SSSR count). The Hall–Kier alpha value is -2.82. The van der Waals surface area contributed by atoms with E-state index >= 15 is 0 Å². The Kier molecular flexibility index (Phi) is 4.57. The second-order valence-electron chi connectivity index (χ2n) is 5.25. The zero-order chi connectivity index (χ0) is 16.1. The zero-order valence-electron chi connectivity index (χ0n) is 13.2. The Bertz CT molecular complexity index is 769. The summed E-state index contributed by atoms with van der Waals surface area (Å²) in [4.78, 5) is 0. The van der Waals surface area contributed by atoms with Gasteiger partial charge in [-0.15, -0.1) is 10.2 Å². The molecule has 118 valence electrons. The van der Waals surface area contributed by atoms with Crippen LogP contribution >= 0.6 is 0 Å². The molecule has 2 aromatic carbocycles. The summed E-state index contributed by atoms with van der Waals surface area (Å²) in [7, 11) is 0. The molecule has 5 nitrogen and oxygen atoms in total. The maximum atomic E-state index is 5.74. The van der Waals surface area contributed by atoms with Crippen molar-refractivity contribution < 1.29 is 13.9 Å². The molecule has 0 amide bonds. The van der Waals surface area contributed by atoms with Gasteiger partial charge in [0.05, 0.1) is 0 Å². The summed E-state index contributed by atoms with van der Waals surface area (Å²) < 4.78 is 16.8. The van der Waals surface area contributed by atoms with Crippen molar-refractivity contribution in [2.75, 3.05) is 0 Å². The van der Waals surface area contributed by atoms with Gasteiger partial charge in [-0.05, 0) is 43.2 Å². The molecular formula is C18H18N2O3. The predicted octanol–water partition coefficient (Wildman–Crippen LogP) is 3.84. The second-order valence-corrected chi connectivity index (χ2v) is 5.25. The molecule has 1 aromatic heterocycles. The third kappa shape index (κ3) is 4.10. The molecule has 0 aliphatic carbocycles. The summed E-state index contributed by atoms with van der Waals surface area (Å²) in [6, 6.07) is 15.6. The van der Waals surface area contributed by atoms with Crippen LogP contribution in [-0.4, -0.2) is 10.2 Å². The number of rotatable bonds is 6. The van der Waals surface area contributed by atoms with Crippen LogP contribution in [0, 0.1) is 13.8 Å². The molecule has 0 saturated heterocycles. The van der Waals surface area contributed by atoms with Crippen LogP contribution in [0.5, 0.6) is 11.5 Å². The van der Waals surface area contributed by atoms with Crippen molar-refractivity contribution in [3.05, 3.63) is 71.4 Å². The summed E-state index contributed by atoms with van der Waals surface area (Å²) in [6.07, 6.45) is 0. The average molecular weight is 310 g/mol. The third-order valence-corrected chi connectivity index (χ3v) is 3.31. The van der Waals surface area contributed by atoms with Crippen molar-refractivity contribution in [3.63, 3.8) is 0 Å². The number of aromatic nitrogens is 2. The lowest BCUT2D eigenvalue weighted by atomic mass is 10.1.